The third-order valence-electron chi connectivity index (χ3n) is 9.33. The van der Waals surface area contributed by atoms with Gasteiger partial charge in [0, 0.05) is 27.6 Å². The number of hydrogen-bond donors (Lipinski definition) is 3. The van der Waals surface area contributed by atoms with Gasteiger partial charge in [0.05, 0.1) is 20.8 Å². The smallest absolute Gasteiger partial charge is 0.346 e. The Morgan fingerprint density at radius 3 is 2.32 bits per heavy atom. The topological polar surface area (TPSA) is 121 Å². The summed E-state index contributed by atoms with van der Waals surface area (Å²) < 4.78 is 17.8. The van der Waals surface area contributed by atoms with E-state index in [-0.39, 0.29) is 27.9 Å². The average Bonchev–Trinajstić information content (AvgIpc) is 3.54. The fraction of sp³-hybridized carbons (Fsp3) is 0.378. The van der Waals surface area contributed by atoms with Gasteiger partial charge in [0.2, 0.25) is 12.4 Å². The summed E-state index contributed by atoms with van der Waals surface area (Å²) in [5.41, 5.74) is 1.34. The average molecular weight is 744 g/mol. The number of carbonyl (C=O) groups excluding carboxylic acids is 1. The molecule has 1 unspecified atom stereocenters. The van der Waals surface area contributed by atoms with Gasteiger partial charge in [-0.15, -0.1) is 11.3 Å². The number of carbonyl (C=O) groups is 2. The van der Waals surface area contributed by atoms with Gasteiger partial charge in [-0.2, -0.15) is 0 Å². The zero-order valence-electron chi connectivity index (χ0n) is 28.4. The Balaban J connectivity index is 1.49. The van der Waals surface area contributed by atoms with E-state index in [1.807, 2.05) is 42.5 Å². The van der Waals surface area contributed by atoms with Crippen LogP contribution in [0.5, 0.6) is 11.5 Å². The number of ether oxygens (including phenoxy) is 3. The molecular weight excluding hydrogens is 701 g/mol. The molecule has 0 amide bonds. The Hall–Kier alpha value is -3.87. The molecule has 4 aromatic rings. The van der Waals surface area contributed by atoms with E-state index in [1.165, 1.54) is 26.6 Å². The lowest BCUT2D eigenvalue weighted by Gasteiger charge is -2.32. The number of esters is 1. The lowest BCUT2D eigenvalue weighted by molar-refractivity contribution is -0.904. The molecular formula is C37H42Cl2N3O7S+. The zero-order chi connectivity index (χ0) is 36.0. The molecule has 1 aliphatic rings. The number of halogens is 2. The van der Waals surface area contributed by atoms with Crippen molar-refractivity contribution in [2.45, 2.75) is 44.2 Å². The molecule has 2 aromatic heterocycles. The van der Waals surface area contributed by atoms with Crippen molar-refractivity contribution in [2.24, 2.45) is 5.92 Å². The fourth-order valence-corrected chi connectivity index (χ4v) is 7.89. The number of likely N-dealkylation sites (tertiary alicyclic amines) is 1. The van der Waals surface area contributed by atoms with Crippen LogP contribution in [0.2, 0.25) is 10.0 Å². The van der Waals surface area contributed by atoms with Gasteiger partial charge in [0.15, 0.2) is 11.5 Å². The van der Waals surface area contributed by atoms with Crippen molar-refractivity contribution >= 4 is 46.5 Å². The number of aromatic nitrogens is 1. The monoisotopic (exact) mass is 742 g/mol. The van der Waals surface area contributed by atoms with Gasteiger partial charge in [-0.25, -0.2) is 9.59 Å². The van der Waals surface area contributed by atoms with Crippen molar-refractivity contribution in [3.63, 3.8) is 0 Å². The number of hydrogen-bond acceptors (Lipinski definition) is 9. The number of pyridine rings is 1. The highest BCUT2D eigenvalue weighted by molar-refractivity contribution is 7.14. The Morgan fingerprint density at radius 2 is 1.70 bits per heavy atom. The van der Waals surface area contributed by atoms with Gasteiger partial charge in [-0.3, -0.25) is 10.5 Å². The van der Waals surface area contributed by atoms with E-state index < -0.39 is 23.4 Å². The van der Waals surface area contributed by atoms with Crippen LogP contribution >= 0.6 is 34.5 Å². The van der Waals surface area contributed by atoms with Crippen LogP contribution in [0.15, 0.2) is 67.0 Å². The normalized spacial score (nSPS) is 15.6. The van der Waals surface area contributed by atoms with Crippen molar-refractivity contribution in [1.82, 2.24) is 10.2 Å². The fourth-order valence-electron chi connectivity index (χ4n) is 6.28. The summed E-state index contributed by atoms with van der Waals surface area (Å²) in [7, 11) is 5.16. The highest BCUT2D eigenvalue weighted by Crippen LogP contribution is 2.41. The van der Waals surface area contributed by atoms with Crippen molar-refractivity contribution < 1.29 is 38.8 Å². The molecule has 10 nitrogen and oxygen atoms in total. The van der Waals surface area contributed by atoms with E-state index in [0.29, 0.717) is 40.0 Å². The summed E-state index contributed by atoms with van der Waals surface area (Å²) in [5, 5.41) is 24.3. The Bertz CT molecular complexity index is 1790. The molecule has 13 heteroatoms. The van der Waals surface area contributed by atoms with E-state index in [4.69, 9.17) is 37.4 Å². The maximum absolute atomic E-state index is 13.8. The van der Waals surface area contributed by atoms with Crippen LogP contribution in [0, 0.1) is 5.92 Å². The number of methoxy groups -OCH3 is 2. The molecule has 3 heterocycles. The Morgan fingerprint density at radius 1 is 1.04 bits per heavy atom. The standard InChI is InChI=1S/C37H41Cl2N3O7S/c1-37(25-8-6-5-7-9-25,36(45)49-22-23-12-14-41(2)15-13-23)40-19-26-17-28(34(50-26)35(43)44)27(18-29-30(38)20-42(46)21-31(29)39)24-10-11-32(47-3)33(16-24)48-4/h5-11,16-17,20-21,23,27,40H,12-15,18-19,22H2,1-4H3,(H-,43,44,46)/p+1/t27-,37?/m0/s1. The minimum atomic E-state index is -1.20. The van der Waals surface area contributed by atoms with E-state index in [1.54, 1.807) is 19.1 Å². The number of nitrogens with one attached hydrogen (secondary N) is 1. The number of benzene rings is 2. The van der Waals surface area contributed by atoms with E-state index in [9.17, 15) is 19.9 Å². The second-order valence-corrected chi connectivity index (χ2v) is 14.6. The van der Waals surface area contributed by atoms with Crippen molar-refractivity contribution in [1.29, 1.82) is 0 Å². The maximum atomic E-state index is 13.8. The molecule has 2 atom stereocenters. The minimum absolute atomic E-state index is 0.133. The summed E-state index contributed by atoms with van der Waals surface area (Å²) in [6, 6.07) is 16.6. The van der Waals surface area contributed by atoms with Gasteiger partial charge < -0.3 is 24.2 Å². The summed E-state index contributed by atoms with van der Waals surface area (Å²) in [4.78, 5) is 29.7. The molecule has 0 spiro atoms. The van der Waals surface area contributed by atoms with Gasteiger partial charge in [-0.1, -0.05) is 59.6 Å². The van der Waals surface area contributed by atoms with Crippen molar-refractivity contribution in [3.8, 4) is 11.5 Å². The third-order valence-corrected chi connectivity index (χ3v) is 11.1. The largest absolute Gasteiger partial charge is 0.493 e. The van der Waals surface area contributed by atoms with Crippen LogP contribution in [0.1, 0.15) is 62.5 Å². The second-order valence-electron chi connectivity index (χ2n) is 12.7. The van der Waals surface area contributed by atoms with Gasteiger partial charge in [-0.05, 0) is 87.1 Å². The zero-order valence-corrected chi connectivity index (χ0v) is 30.8. The van der Waals surface area contributed by atoms with Crippen molar-refractivity contribution in [2.75, 3.05) is 41.0 Å². The van der Waals surface area contributed by atoms with E-state index in [2.05, 4.69) is 17.3 Å². The molecule has 0 radical (unpaired) electrons. The van der Waals surface area contributed by atoms with Crippen LogP contribution in [0.4, 0.5) is 0 Å². The minimum Gasteiger partial charge on any atom is -0.493 e. The summed E-state index contributed by atoms with van der Waals surface area (Å²) in [6.07, 6.45) is 4.80. The highest BCUT2D eigenvalue weighted by atomic mass is 35.5. The summed E-state index contributed by atoms with van der Waals surface area (Å²) >= 11 is 14.2. The predicted molar refractivity (Wildman–Crippen MR) is 192 cm³/mol. The number of carboxylic acid groups (broad SMARTS) is 1. The van der Waals surface area contributed by atoms with E-state index >= 15 is 0 Å². The Kier molecular flexibility index (Phi) is 12.3. The third kappa shape index (κ3) is 8.52. The molecule has 5 rings (SSSR count). The Labute approximate surface area is 306 Å². The summed E-state index contributed by atoms with van der Waals surface area (Å²) in [6.45, 7) is 4.27. The molecule has 50 heavy (non-hydrogen) atoms. The lowest BCUT2D eigenvalue weighted by Crippen LogP contribution is -2.47. The first-order valence-corrected chi connectivity index (χ1v) is 17.8. The quantitative estimate of drug-likeness (QED) is 0.0750. The second kappa shape index (κ2) is 16.4. The maximum Gasteiger partial charge on any atom is 0.346 e. The molecule has 0 aliphatic carbocycles. The molecule has 1 saturated heterocycles. The number of rotatable bonds is 14. The first-order chi connectivity index (χ1) is 23.9. The van der Waals surface area contributed by atoms with Gasteiger partial charge >= 0.3 is 11.9 Å². The van der Waals surface area contributed by atoms with Crippen molar-refractivity contribution in [3.05, 3.63) is 109 Å². The molecule has 266 valence electrons. The number of piperidine rings is 1. The number of nitrogens with zero attached hydrogens (tertiary/aromatic N) is 2. The van der Waals surface area contributed by atoms with Crippen LogP contribution in [0.3, 0.4) is 0 Å². The van der Waals surface area contributed by atoms with Crippen LogP contribution < -0.4 is 19.5 Å². The number of carboxylic acids is 1. The highest BCUT2D eigenvalue weighted by Gasteiger charge is 2.38. The molecule has 3 N–H and O–H groups in total. The van der Waals surface area contributed by atoms with Gasteiger partial charge in [0.1, 0.15) is 20.5 Å². The number of thiophene rings is 1. The molecule has 2 aromatic carbocycles. The van der Waals surface area contributed by atoms with Crippen LogP contribution in [0.25, 0.3) is 0 Å². The van der Waals surface area contributed by atoms with E-state index in [0.717, 1.165) is 53.1 Å². The van der Waals surface area contributed by atoms with Gasteiger partial charge in [0.25, 0.3) is 0 Å². The van der Waals surface area contributed by atoms with Crippen LogP contribution in [-0.2, 0) is 28.0 Å². The first kappa shape index (κ1) is 37.4. The summed E-state index contributed by atoms with van der Waals surface area (Å²) in [5.74, 6) is -0.742. The van der Waals surface area contributed by atoms with Crippen LogP contribution in [-0.4, -0.2) is 68.1 Å². The molecule has 0 bridgehead atoms. The molecule has 1 aliphatic heterocycles. The first-order valence-electron chi connectivity index (χ1n) is 16.3. The molecule has 1 fully saturated rings. The number of aromatic carboxylic acids is 1. The predicted octanol–water partition coefficient (Wildman–Crippen LogP) is 6.56. The molecule has 0 saturated carbocycles. The SMILES string of the molecule is COc1ccc([C@H](Cc2c(Cl)c[n+](O)cc2Cl)c2cc(CNC(C)(C(=O)OCC3CCN(C)CC3)c3ccccc3)sc2C(=O)O)cc1OC. The lowest BCUT2D eigenvalue weighted by atomic mass is 9.85.